The Kier molecular flexibility index (Phi) is 6.09. The minimum Gasteiger partial charge on any atom is -0.444 e. The van der Waals surface area contributed by atoms with Crippen LogP contribution in [0.4, 0.5) is 4.79 Å². The SMILES string of the molecule is COC1CCC(NC2CCCC(NC(=O)OC(C)(C)C)C2)C1. The molecular formula is C17H32N2O3. The Morgan fingerprint density at radius 3 is 2.32 bits per heavy atom. The zero-order chi connectivity index (χ0) is 16.2. The average Bonchev–Trinajstić information content (AvgIpc) is 2.84. The number of carbonyl (C=O) groups is 1. The Morgan fingerprint density at radius 2 is 1.68 bits per heavy atom. The van der Waals surface area contributed by atoms with Crippen molar-refractivity contribution in [2.45, 2.75) is 95.5 Å². The molecule has 4 atom stereocenters. The first-order valence-corrected chi connectivity index (χ1v) is 8.64. The van der Waals surface area contributed by atoms with Crippen LogP contribution in [0, 0.1) is 0 Å². The van der Waals surface area contributed by atoms with Gasteiger partial charge < -0.3 is 20.1 Å². The highest BCUT2D eigenvalue weighted by atomic mass is 16.6. The van der Waals surface area contributed by atoms with E-state index in [0.717, 1.165) is 32.1 Å². The third kappa shape index (κ3) is 5.76. The predicted octanol–water partition coefficient (Wildman–Crippen LogP) is 2.98. The molecule has 0 spiro atoms. The lowest BCUT2D eigenvalue weighted by molar-refractivity contribution is 0.0488. The summed E-state index contributed by atoms with van der Waals surface area (Å²) in [6.07, 6.45) is 7.96. The van der Waals surface area contributed by atoms with Crippen molar-refractivity contribution >= 4 is 6.09 Å². The van der Waals surface area contributed by atoms with E-state index in [4.69, 9.17) is 9.47 Å². The van der Waals surface area contributed by atoms with E-state index in [-0.39, 0.29) is 12.1 Å². The Morgan fingerprint density at radius 1 is 1.00 bits per heavy atom. The van der Waals surface area contributed by atoms with Gasteiger partial charge in [0.05, 0.1) is 6.10 Å². The second kappa shape index (κ2) is 7.64. The summed E-state index contributed by atoms with van der Waals surface area (Å²) in [6, 6.07) is 1.28. The van der Waals surface area contributed by atoms with Crippen molar-refractivity contribution in [3.05, 3.63) is 0 Å². The number of carbonyl (C=O) groups excluding carboxylic acids is 1. The number of ether oxygens (including phenoxy) is 2. The summed E-state index contributed by atoms with van der Waals surface area (Å²) in [7, 11) is 1.80. The molecule has 0 aromatic heterocycles. The van der Waals surface area contributed by atoms with Crippen LogP contribution in [0.3, 0.4) is 0 Å². The van der Waals surface area contributed by atoms with Crippen molar-refractivity contribution in [1.29, 1.82) is 0 Å². The maximum atomic E-state index is 11.9. The zero-order valence-electron chi connectivity index (χ0n) is 14.5. The average molecular weight is 312 g/mol. The molecule has 2 aliphatic rings. The molecule has 2 fully saturated rings. The molecule has 5 nitrogen and oxygen atoms in total. The molecule has 0 radical (unpaired) electrons. The van der Waals surface area contributed by atoms with Crippen LogP contribution in [0.2, 0.25) is 0 Å². The van der Waals surface area contributed by atoms with Crippen LogP contribution in [0.25, 0.3) is 0 Å². The highest BCUT2D eigenvalue weighted by Gasteiger charge is 2.30. The molecule has 0 saturated heterocycles. The van der Waals surface area contributed by atoms with Crippen LogP contribution >= 0.6 is 0 Å². The van der Waals surface area contributed by atoms with Crippen LogP contribution in [-0.4, -0.2) is 43.0 Å². The fourth-order valence-corrected chi connectivity index (χ4v) is 3.59. The molecule has 2 saturated carbocycles. The second-order valence-electron chi connectivity index (χ2n) is 7.74. The molecule has 4 unspecified atom stereocenters. The first kappa shape index (κ1) is 17.5. The van der Waals surface area contributed by atoms with E-state index in [0.29, 0.717) is 18.2 Å². The van der Waals surface area contributed by atoms with Gasteiger partial charge >= 0.3 is 6.09 Å². The summed E-state index contributed by atoms with van der Waals surface area (Å²) >= 11 is 0. The summed E-state index contributed by atoms with van der Waals surface area (Å²) < 4.78 is 10.8. The van der Waals surface area contributed by atoms with Gasteiger partial charge in [0.15, 0.2) is 0 Å². The number of hydrogen-bond acceptors (Lipinski definition) is 4. The van der Waals surface area contributed by atoms with Gasteiger partial charge in [-0.05, 0) is 65.7 Å². The van der Waals surface area contributed by atoms with Crippen LogP contribution < -0.4 is 10.6 Å². The van der Waals surface area contributed by atoms with E-state index in [1.807, 2.05) is 20.8 Å². The smallest absolute Gasteiger partial charge is 0.407 e. The third-order valence-electron chi connectivity index (χ3n) is 4.58. The van der Waals surface area contributed by atoms with Gasteiger partial charge in [-0.1, -0.05) is 0 Å². The van der Waals surface area contributed by atoms with Gasteiger partial charge in [0.25, 0.3) is 0 Å². The van der Waals surface area contributed by atoms with Crippen molar-refractivity contribution in [2.24, 2.45) is 0 Å². The maximum absolute atomic E-state index is 11.9. The summed E-state index contributed by atoms with van der Waals surface area (Å²) in [5.41, 5.74) is -0.435. The first-order chi connectivity index (χ1) is 10.4. The second-order valence-corrected chi connectivity index (χ2v) is 7.74. The molecule has 128 valence electrons. The fourth-order valence-electron chi connectivity index (χ4n) is 3.59. The van der Waals surface area contributed by atoms with Crippen LogP contribution in [0.15, 0.2) is 0 Å². The van der Waals surface area contributed by atoms with Gasteiger partial charge in [-0.15, -0.1) is 0 Å². The standard InChI is InChI=1S/C17H32N2O3/c1-17(2,3)22-16(20)19-13-7-5-6-12(10-13)18-14-8-9-15(11-14)21-4/h12-15,18H,5-11H2,1-4H3,(H,19,20). The summed E-state index contributed by atoms with van der Waals surface area (Å²) in [6.45, 7) is 5.68. The molecule has 2 N–H and O–H groups in total. The van der Waals surface area contributed by atoms with Crippen LogP contribution in [0.5, 0.6) is 0 Å². The number of methoxy groups -OCH3 is 1. The molecule has 22 heavy (non-hydrogen) atoms. The van der Waals surface area contributed by atoms with Gasteiger partial charge in [-0.3, -0.25) is 0 Å². The minimum absolute atomic E-state index is 0.223. The molecule has 0 aliphatic heterocycles. The zero-order valence-corrected chi connectivity index (χ0v) is 14.5. The van der Waals surface area contributed by atoms with Crippen molar-refractivity contribution in [3.63, 3.8) is 0 Å². The molecular weight excluding hydrogens is 280 g/mol. The summed E-state index contributed by atoms with van der Waals surface area (Å²) in [5, 5.41) is 6.79. The highest BCUT2D eigenvalue weighted by molar-refractivity contribution is 5.68. The fraction of sp³-hybridized carbons (Fsp3) is 0.941. The Labute approximate surface area is 134 Å². The third-order valence-corrected chi connectivity index (χ3v) is 4.58. The van der Waals surface area contributed by atoms with Crippen molar-refractivity contribution in [2.75, 3.05) is 7.11 Å². The Bertz CT molecular complexity index is 367. The Balaban J connectivity index is 1.73. The molecule has 0 heterocycles. The van der Waals surface area contributed by atoms with Crippen molar-refractivity contribution in [1.82, 2.24) is 10.6 Å². The number of hydrogen-bond donors (Lipinski definition) is 2. The molecule has 1 amide bonds. The van der Waals surface area contributed by atoms with Crippen LogP contribution in [-0.2, 0) is 9.47 Å². The number of alkyl carbamates (subject to hydrolysis) is 1. The van der Waals surface area contributed by atoms with E-state index >= 15 is 0 Å². The molecule has 2 aliphatic carbocycles. The lowest BCUT2D eigenvalue weighted by Crippen LogP contribution is -2.47. The number of nitrogens with one attached hydrogen (secondary N) is 2. The van der Waals surface area contributed by atoms with Crippen LogP contribution in [0.1, 0.15) is 65.7 Å². The van der Waals surface area contributed by atoms with Gasteiger partial charge in [0.1, 0.15) is 5.60 Å². The summed E-state index contributed by atoms with van der Waals surface area (Å²) in [4.78, 5) is 11.9. The first-order valence-electron chi connectivity index (χ1n) is 8.64. The lowest BCUT2D eigenvalue weighted by Gasteiger charge is -2.32. The van der Waals surface area contributed by atoms with Crippen molar-refractivity contribution in [3.8, 4) is 0 Å². The van der Waals surface area contributed by atoms with E-state index in [2.05, 4.69) is 10.6 Å². The minimum atomic E-state index is -0.435. The van der Waals surface area contributed by atoms with Gasteiger partial charge in [-0.25, -0.2) is 4.79 Å². The van der Waals surface area contributed by atoms with E-state index in [1.54, 1.807) is 7.11 Å². The number of rotatable bonds is 4. The van der Waals surface area contributed by atoms with Gasteiger partial charge in [-0.2, -0.15) is 0 Å². The molecule has 5 heteroatoms. The normalized spacial score (nSPS) is 32.7. The topological polar surface area (TPSA) is 59.6 Å². The predicted molar refractivity (Wildman–Crippen MR) is 87.0 cm³/mol. The molecule has 0 bridgehead atoms. The monoisotopic (exact) mass is 312 g/mol. The molecule has 2 rings (SSSR count). The van der Waals surface area contributed by atoms with E-state index in [9.17, 15) is 4.79 Å². The highest BCUT2D eigenvalue weighted by Crippen LogP contribution is 2.25. The maximum Gasteiger partial charge on any atom is 0.407 e. The van der Waals surface area contributed by atoms with Gasteiger partial charge in [0.2, 0.25) is 0 Å². The number of amides is 1. The van der Waals surface area contributed by atoms with Gasteiger partial charge in [0, 0.05) is 25.2 Å². The molecule has 0 aromatic rings. The van der Waals surface area contributed by atoms with E-state index in [1.165, 1.54) is 12.8 Å². The Hall–Kier alpha value is -0.810. The van der Waals surface area contributed by atoms with Crippen molar-refractivity contribution < 1.29 is 14.3 Å². The summed E-state index contributed by atoms with van der Waals surface area (Å²) in [5.74, 6) is 0. The quantitative estimate of drug-likeness (QED) is 0.838. The molecule has 0 aromatic carbocycles. The largest absolute Gasteiger partial charge is 0.444 e. The lowest BCUT2D eigenvalue weighted by atomic mass is 9.90. The van der Waals surface area contributed by atoms with E-state index < -0.39 is 5.60 Å².